The van der Waals surface area contributed by atoms with Crippen molar-refractivity contribution in [3.63, 3.8) is 0 Å². The van der Waals surface area contributed by atoms with Crippen LogP contribution >= 0.6 is 15.9 Å². The molecule has 0 aliphatic heterocycles. The van der Waals surface area contributed by atoms with E-state index in [1.54, 1.807) is 30.6 Å². The number of amides is 3. The van der Waals surface area contributed by atoms with Crippen LogP contribution in [0.5, 0.6) is 0 Å². The molecule has 0 bridgehead atoms. The summed E-state index contributed by atoms with van der Waals surface area (Å²) >= 11 is 3.32. The molecule has 8 nitrogen and oxygen atoms in total. The van der Waals surface area contributed by atoms with Crippen LogP contribution in [0.3, 0.4) is 0 Å². The monoisotopic (exact) mass is 415 g/mol. The van der Waals surface area contributed by atoms with Crippen LogP contribution in [0.25, 0.3) is 0 Å². The first-order valence-corrected chi connectivity index (χ1v) is 8.68. The molecular weight excluding hydrogens is 394 g/mol. The van der Waals surface area contributed by atoms with E-state index < -0.39 is 18.0 Å². The smallest absolute Gasteiger partial charge is 0.407 e. The third-order valence-electron chi connectivity index (χ3n) is 3.25. The first-order chi connectivity index (χ1) is 12.0. The second-order valence-electron chi connectivity index (χ2n) is 5.20. The van der Waals surface area contributed by atoms with E-state index in [1.165, 1.54) is 0 Å². The van der Waals surface area contributed by atoms with Crippen LogP contribution in [0.1, 0.15) is 32.6 Å². The lowest BCUT2D eigenvalue weighted by atomic mass is 10.1. The van der Waals surface area contributed by atoms with Gasteiger partial charge in [0.1, 0.15) is 6.04 Å². The van der Waals surface area contributed by atoms with Gasteiger partial charge in [0.15, 0.2) is 0 Å². The summed E-state index contributed by atoms with van der Waals surface area (Å²) in [5.74, 6) is -0.869. The molecule has 0 unspecified atom stereocenters. The predicted molar refractivity (Wildman–Crippen MR) is 95.1 cm³/mol. The van der Waals surface area contributed by atoms with E-state index in [0.29, 0.717) is 24.9 Å². The molecule has 138 valence electrons. The average Bonchev–Trinajstić information content (AvgIpc) is 2.57. The zero-order valence-electron chi connectivity index (χ0n) is 13.9. The summed E-state index contributed by atoms with van der Waals surface area (Å²) in [4.78, 5) is 35.1. The summed E-state index contributed by atoms with van der Waals surface area (Å²) in [6.45, 7) is 1.87. The van der Waals surface area contributed by atoms with Gasteiger partial charge in [-0.25, -0.2) is 10.3 Å². The second-order valence-corrected chi connectivity index (χ2v) is 6.11. The fourth-order valence-electron chi connectivity index (χ4n) is 2.07. The molecule has 0 spiro atoms. The number of ether oxygens (including phenoxy) is 1. The first-order valence-electron chi connectivity index (χ1n) is 7.89. The van der Waals surface area contributed by atoms with Gasteiger partial charge in [0.2, 0.25) is 11.8 Å². The van der Waals surface area contributed by atoms with Crippen LogP contribution < -0.4 is 16.1 Å². The fourth-order valence-corrected chi connectivity index (χ4v) is 2.47. The molecule has 1 aromatic rings. The topological polar surface area (TPSA) is 117 Å². The molecule has 0 fully saturated rings. The van der Waals surface area contributed by atoms with Crippen molar-refractivity contribution >= 4 is 39.5 Å². The van der Waals surface area contributed by atoms with Gasteiger partial charge in [0, 0.05) is 16.6 Å². The van der Waals surface area contributed by atoms with Crippen LogP contribution in [0.2, 0.25) is 0 Å². The first kappa shape index (κ1) is 20.9. The predicted octanol–water partition coefficient (Wildman–Crippen LogP) is 2.57. The zero-order valence-corrected chi connectivity index (χ0v) is 15.5. The lowest BCUT2D eigenvalue weighted by Crippen LogP contribution is -2.44. The summed E-state index contributed by atoms with van der Waals surface area (Å²) in [6.07, 6.45) is 0.770. The van der Waals surface area contributed by atoms with E-state index in [1.807, 2.05) is 6.07 Å². The minimum Gasteiger partial charge on any atom is -0.450 e. The molecule has 0 saturated heterocycles. The third-order valence-corrected chi connectivity index (χ3v) is 3.74. The quantitative estimate of drug-likeness (QED) is 0.281. The molecule has 0 aliphatic rings. The number of hydrogen-bond donors (Lipinski definition) is 4. The molecule has 0 heterocycles. The highest BCUT2D eigenvalue weighted by molar-refractivity contribution is 9.10. The highest BCUT2D eigenvalue weighted by Gasteiger charge is 2.21. The number of hydrogen-bond acceptors (Lipinski definition) is 5. The number of carbonyl (C=O) groups is 3. The fraction of sp³-hybridized carbons (Fsp3) is 0.438. The minimum absolute atomic E-state index is 0.135. The number of carbonyl (C=O) groups excluding carboxylic acids is 3. The largest absolute Gasteiger partial charge is 0.450 e. The van der Waals surface area contributed by atoms with E-state index in [2.05, 4.69) is 26.6 Å². The van der Waals surface area contributed by atoms with Gasteiger partial charge in [-0.05, 0) is 38.0 Å². The molecule has 1 rings (SSSR count). The summed E-state index contributed by atoms with van der Waals surface area (Å²) in [5, 5.41) is 13.7. The van der Waals surface area contributed by atoms with E-state index in [-0.39, 0.29) is 18.9 Å². The maximum atomic E-state index is 12.4. The molecule has 0 aliphatic carbocycles. The number of anilines is 1. The number of benzene rings is 1. The van der Waals surface area contributed by atoms with Crippen LogP contribution in [0, 0.1) is 0 Å². The van der Waals surface area contributed by atoms with Gasteiger partial charge in [-0.2, -0.15) is 0 Å². The van der Waals surface area contributed by atoms with Gasteiger partial charge in [-0.1, -0.05) is 28.4 Å². The summed E-state index contributed by atoms with van der Waals surface area (Å²) in [5.41, 5.74) is 2.14. The van der Waals surface area contributed by atoms with E-state index in [0.717, 1.165) is 4.47 Å². The van der Waals surface area contributed by atoms with Crippen LogP contribution in [0.15, 0.2) is 28.7 Å². The zero-order chi connectivity index (χ0) is 18.7. The molecule has 4 N–H and O–H groups in total. The van der Waals surface area contributed by atoms with Crippen molar-refractivity contribution in [2.45, 2.75) is 38.6 Å². The Kier molecular flexibility index (Phi) is 9.56. The number of unbranched alkanes of at least 4 members (excludes halogenated alkanes) is 1. The van der Waals surface area contributed by atoms with Crippen molar-refractivity contribution in [3.05, 3.63) is 28.7 Å². The normalized spacial score (nSPS) is 11.3. The lowest BCUT2D eigenvalue weighted by molar-refractivity contribution is -0.129. The van der Waals surface area contributed by atoms with Crippen molar-refractivity contribution < 1.29 is 24.3 Å². The Morgan fingerprint density at radius 2 is 2.04 bits per heavy atom. The van der Waals surface area contributed by atoms with Gasteiger partial charge >= 0.3 is 6.09 Å². The molecule has 25 heavy (non-hydrogen) atoms. The van der Waals surface area contributed by atoms with Gasteiger partial charge < -0.3 is 15.4 Å². The maximum Gasteiger partial charge on any atom is 0.407 e. The van der Waals surface area contributed by atoms with Gasteiger partial charge in [-0.3, -0.25) is 14.8 Å². The average molecular weight is 416 g/mol. The highest BCUT2D eigenvalue weighted by Crippen LogP contribution is 2.16. The molecule has 1 atom stereocenters. The molecule has 9 heteroatoms. The van der Waals surface area contributed by atoms with Gasteiger partial charge in [0.25, 0.3) is 0 Å². The summed E-state index contributed by atoms with van der Waals surface area (Å²) in [6, 6.07) is 6.29. The van der Waals surface area contributed by atoms with E-state index in [9.17, 15) is 14.4 Å². The Morgan fingerprint density at radius 3 is 2.68 bits per heavy atom. The van der Waals surface area contributed by atoms with Crippen molar-refractivity contribution in [1.29, 1.82) is 0 Å². The van der Waals surface area contributed by atoms with Crippen molar-refractivity contribution in [2.24, 2.45) is 0 Å². The molecule has 0 radical (unpaired) electrons. The highest BCUT2D eigenvalue weighted by atomic mass is 79.9. The van der Waals surface area contributed by atoms with Gasteiger partial charge in [0.05, 0.1) is 6.61 Å². The molecule has 3 amide bonds. The number of nitrogens with one attached hydrogen (secondary N) is 3. The van der Waals surface area contributed by atoms with Crippen LogP contribution in [-0.4, -0.2) is 35.8 Å². The van der Waals surface area contributed by atoms with E-state index in [4.69, 9.17) is 9.94 Å². The molecule has 0 aromatic heterocycles. The van der Waals surface area contributed by atoms with Crippen LogP contribution in [-0.2, 0) is 14.3 Å². The molecule has 1 aromatic carbocycles. The van der Waals surface area contributed by atoms with Gasteiger partial charge in [-0.15, -0.1) is 0 Å². The van der Waals surface area contributed by atoms with Crippen molar-refractivity contribution in [1.82, 2.24) is 10.8 Å². The Hall–Kier alpha value is -2.13. The number of halogens is 1. The second kappa shape index (κ2) is 11.4. The third kappa shape index (κ3) is 8.50. The van der Waals surface area contributed by atoms with Crippen LogP contribution in [0.4, 0.5) is 10.5 Å². The Labute approximate surface area is 154 Å². The summed E-state index contributed by atoms with van der Waals surface area (Å²) < 4.78 is 5.63. The Morgan fingerprint density at radius 1 is 1.28 bits per heavy atom. The standard InChI is InChI=1S/C16H22BrN3O5/c1-2-25-16(23)19-13(8-3-4-9-14(21)20-24)15(22)18-12-7-5-6-11(17)10-12/h5-7,10,13,24H,2-4,8-9H2,1H3,(H,18,22)(H,19,23)(H,20,21)/t13-/m1/s1. The minimum atomic E-state index is -0.796. The number of hydroxylamine groups is 1. The van der Waals surface area contributed by atoms with E-state index >= 15 is 0 Å². The molecule has 0 saturated carbocycles. The number of alkyl carbamates (subject to hydrolysis) is 1. The maximum absolute atomic E-state index is 12.4. The Balaban J connectivity index is 2.63. The Bertz CT molecular complexity index is 597. The van der Waals surface area contributed by atoms with Crippen molar-refractivity contribution in [3.8, 4) is 0 Å². The summed E-state index contributed by atoms with van der Waals surface area (Å²) in [7, 11) is 0. The SMILES string of the molecule is CCOC(=O)N[C@H](CCCCC(=O)NO)C(=O)Nc1cccc(Br)c1. The van der Waals surface area contributed by atoms with Crippen molar-refractivity contribution in [2.75, 3.05) is 11.9 Å². The molecular formula is C16H22BrN3O5. The number of rotatable bonds is 9. The lowest BCUT2D eigenvalue weighted by Gasteiger charge is -2.18.